The summed E-state index contributed by atoms with van der Waals surface area (Å²) in [6.45, 7) is 14.8. The van der Waals surface area contributed by atoms with Crippen LogP contribution >= 0.6 is 30.8 Å². The Bertz CT molecular complexity index is 1300. The molecule has 1 saturated heterocycles. The Hall–Kier alpha value is -2.21. The third-order valence-electron chi connectivity index (χ3n) is 6.78. The fraction of sp³-hybridized carbons (Fsp3) is 0.455. The van der Waals surface area contributed by atoms with Crippen LogP contribution in [0.25, 0.3) is 0 Å². The maximum Gasteiger partial charge on any atom is 0.368 e. The number of nitrogens with zero attached hydrogens (tertiary/aromatic N) is 1. The fourth-order valence-electron chi connectivity index (χ4n) is 4.75. The zero-order chi connectivity index (χ0) is 31.3. The van der Waals surface area contributed by atoms with E-state index in [4.69, 9.17) is 37.0 Å². The summed E-state index contributed by atoms with van der Waals surface area (Å²) in [7, 11) is -3.40. The molecule has 0 N–H and O–H groups in total. The van der Waals surface area contributed by atoms with Crippen LogP contribution in [-0.4, -0.2) is 13.0 Å². The van der Waals surface area contributed by atoms with Crippen molar-refractivity contribution in [3.05, 3.63) is 109 Å². The second kappa shape index (κ2) is 17.8. The number of ether oxygens (including phenoxy) is 1. The van der Waals surface area contributed by atoms with Gasteiger partial charge in [-0.1, -0.05) is 81.6 Å². The van der Waals surface area contributed by atoms with Crippen molar-refractivity contribution in [2.75, 3.05) is 13.0 Å². The van der Waals surface area contributed by atoms with E-state index < -0.39 is 13.7 Å². The first-order chi connectivity index (χ1) is 20.0. The second-order valence-corrected chi connectivity index (χ2v) is 13.0. The van der Waals surface area contributed by atoms with Gasteiger partial charge in [0.1, 0.15) is 11.5 Å². The first-order valence-corrected chi connectivity index (χ1v) is 17.0. The predicted octanol–water partition coefficient (Wildman–Crippen LogP) is 11.8. The van der Waals surface area contributed by atoms with E-state index in [1.54, 1.807) is 24.3 Å². The molecular weight excluding hydrogens is 592 g/mol. The van der Waals surface area contributed by atoms with Gasteiger partial charge in [-0.15, -0.1) is 4.91 Å². The molecule has 0 bridgehead atoms. The zero-order valence-corrected chi connectivity index (χ0v) is 28.2. The van der Waals surface area contributed by atoms with Gasteiger partial charge >= 0.3 is 7.60 Å². The van der Waals surface area contributed by atoms with Crippen molar-refractivity contribution in [2.24, 2.45) is 11.1 Å². The number of allylic oxidation sites excluding steroid dienone is 10. The van der Waals surface area contributed by atoms with E-state index >= 15 is 0 Å². The minimum absolute atomic E-state index is 0.131. The summed E-state index contributed by atoms with van der Waals surface area (Å²) < 4.78 is 30.2. The van der Waals surface area contributed by atoms with E-state index in [2.05, 4.69) is 39.8 Å². The van der Waals surface area contributed by atoms with Crippen LogP contribution < -0.4 is 0 Å². The summed E-state index contributed by atoms with van der Waals surface area (Å²) in [6, 6.07) is 5.20. The minimum atomic E-state index is -3.40. The molecule has 42 heavy (non-hydrogen) atoms. The molecule has 0 aromatic heterocycles. The van der Waals surface area contributed by atoms with Crippen LogP contribution in [-0.2, 0) is 18.3 Å². The number of rotatable bonds is 7. The lowest BCUT2D eigenvalue weighted by atomic mass is 9.99. The summed E-state index contributed by atoms with van der Waals surface area (Å²) in [5.41, 5.74) is 6.21. The number of halogens is 2. The third kappa shape index (κ3) is 10.8. The zero-order valence-electron chi connectivity index (χ0n) is 25.8. The Kier molecular flexibility index (Phi) is 15.2. The molecule has 230 valence electrons. The molecule has 1 unspecified atom stereocenters. The monoisotopic (exact) mass is 635 g/mol. The molecule has 0 spiro atoms. The average molecular weight is 637 g/mol. The first kappa shape index (κ1) is 36.0. The highest BCUT2D eigenvalue weighted by molar-refractivity contribution is 7.53. The quantitative estimate of drug-likeness (QED) is 0.220. The lowest BCUT2D eigenvalue weighted by molar-refractivity contribution is 0.0673. The summed E-state index contributed by atoms with van der Waals surface area (Å²) in [5, 5.41) is 4.03. The lowest BCUT2D eigenvalue weighted by Gasteiger charge is -2.30. The summed E-state index contributed by atoms with van der Waals surface area (Å²) in [6.07, 6.45) is 14.5. The van der Waals surface area contributed by atoms with Crippen LogP contribution in [0.2, 0.25) is 10.0 Å². The van der Waals surface area contributed by atoms with E-state index in [9.17, 15) is 9.47 Å². The smallest absolute Gasteiger partial charge is 0.368 e. The molecule has 0 saturated carbocycles. The van der Waals surface area contributed by atoms with Gasteiger partial charge in [0.15, 0.2) is 6.35 Å². The van der Waals surface area contributed by atoms with E-state index in [1.165, 1.54) is 16.7 Å². The van der Waals surface area contributed by atoms with Crippen LogP contribution in [0.3, 0.4) is 0 Å². The van der Waals surface area contributed by atoms with Gasteiger partial charge in [0.25, 0.3) is 0 Å². The van der Waals surface area contributed by atoms with Crippen molar-refractivity contribution in [1.82, 2.24) is 0 Å². The molecule has 0 radical (unpaired) electrons. The summed E-state index contributed by atoms with van der Waals surface area (Å²) >= 11 is 12.2. The first-order valence-electron chi connectivity index (χ1n) is 14.5. The van der Waals surface area contributed by atoms with Crippen molar-refractivity contribution in [3.8, 4) is 0 Å². The van der Waals surface area contributed by atoms with Crippen molar-refractivity contribution in [1.29, 1.82) is 0 Å². The van der Waals surface area contributed by atoms with E-state index in [0.717, 1.165) is 30.4 Å². The van der Waals surface area contributed by atoms with Crippen LogP contribution in [0.1, 0.15) is 85.8 Å². The maximum absolute atomic E-state index is 13.1. The summed E-state index contributed by atoms with van der Waals surface area (Å²) in [4.78, 5) is 10.4. The van der Waals surface area contributed by atoms with E-state index in [0.29, 0.717) is 40.4 Å². The van der Waals surface area contributed by atoms with E-state index in [1.807, 2.05) is 44.2 Å². The van der Waals surface area contributed by atoms with Gasteiger partial charge in [-0.3, -0.25) is 9.09 Å². The number of hydrogen-bond acceptors (Lipinski definition) is 6. The maximum atomic E-state index is 13.1. The van der Waals surface area contributed by atoms with Gasteiger partial charge in [-0.2, -0.15) is 0 Å². The Balaban J connectivity index is 0.000000368. The van der Waals surface area contributed by atoms with Gasteiger partial charge in [0.2, 0.25) is 0 Å². The molecule has 1 aromatic rings. The average Bonchev–Trinajstić information content (AvgIpc) is 3.29. The molecule has 1 aromatic carbocycles. The molecule has 2 atom stereocenters. The highest BCUT2D eigenvalue weighted by Crippen LogP contribution is 2.56. The molecule has 6 nitrogen and oxygen atoms in total. The largest absolute Gasteiger partial charge is 0.481 e. The molecule has 9 heteroatoms. The Morgan fingerprint density at radius 1 is 1.10 bits per heavy atom. The van der Waals surface area contributed by atoms with Gasteiger partial charge < -0.3 is 9.26 Å². The standard InChI is InChI=1S/C21H25Cl2O4P.C10H13NO.C2H6/c1-4-20-14(2)5-6-19(9-15(20)3)25-13-28(24)26-8-7-21(27-28)16-10-17(22)12-18(23)11-16;1-8(2)9-6-4-3-5-7-10(9)11-12;1-2/h6,9-12,21H,4-5,7-8,13H2,1-3H3;4-8H,3H2,1-2H3;1-2H3/t21?,28-;;/m0../s1. The topological polar surface area (TPSA) is 74.2 Å². The van der Waals surface area contributed by atoms with Crippen molar-refractivity contribution >= 4 is 30.8 Å². The number of hydrogen-bond donors (Lipinski definition) is 0. The molecule has 2 aliphatic carbocycles. The Morgan fingerprint density at radius 3 is 2.38 bits per heavy atom. The number of benzene rings is 1. The third-order valence-corrected chi connectivity index (χ3v) is 8.81. The Morgan fingerprint density at radius 2 is 1.76 bits per heavy atom. The Labute approximate surface area is 261 Å². The van der Waals surface area contributed by atoms with Crippen molar-refractivity contribution in [3.63, 3.8) is 0 Å². The summed E-state index contributed by atoms with van der Waals surface area (Å²) in [5.74, 6) is 1.05. The molecule has 1 fully saturated rings. The highest BCUT2D eigenvalue weighted by Gasteiger charge is 2.35. The van der Waals surface area contributed by atoms with Crippen LogP contribution in [0, 0.1) is 10.8 Å². The van der Waals surface area contributed by atoms with Crippen LogP contribution in [0.4, 0.5) is 0 Å². The van der Waals surface area contributed by atoms with Crippen LogP contribution in [0.15, 0.2) is 93.6 Å². The molecular formula is C33H44Cl2NO5P. The fourth-order valence-corrected chi connectivity index (χ4v) is 6.79. The molecule has 3 aliphatic rings. The van der Waals surface area contributed by atoms with E-state index in [-0.39, 0.29) is 6.35 Å². The van der Waals surface area contributed by atoms with Crippen molar-refractivity contribution < 1.29 is 18.3 Å². The lowest BCUT2D eigenvalue weighted by Crippen LogP contribution is -2.16. The molecule has 1 heterocycles. The van der Waals surface area contributed by atoms with Crippen LogP contribution in [0.5, 0.6) is 0 Å². The van der Waals surface area contributed by atoms with Gasteiger partial charge in [-0.05, 0) is 103 Å². The van der Waals surface area contributed by atoms with Gasteiger partial charge in [-0.25, -0.2) is 0 Å². The van der Waals surface area contributed by atoms with Gasteiger partial charge in [0, 0.05) is 16.5 Å². The van der Waals surface area contributed by atoms with Gasteiger partial charge in [0.05, 0.1) is 12.7 Å². The minimum Gasteiger partial charge on any atom is -0.481 e. The normalized spacial score (nSPS) is 22.2. The molecule has 0 amide bonds. The number of nitroso groups, excluding NO2 is 1. The highest BCUT2D eigenvalue weighted by atomic mass is 35.5. The van der Waals surface area contributed by atoms with Crippen molar-refractivity contribution in [2.45, 2.75) is 80.3 Å². The SMILES string of the molecule is CC.CC(C)C1=C(N=O)C=CCC=C1.CCC1=C(C)CC=C(OC[P@]2(=O)OCCC(c3cc(Cl)cc(Cl)c3)O2)C=C1C. The second-order valence-electron chi connectivity index (χ2n) is 10.2. The molecule has 4 rings (SSSR count). The predicted molar refractivity (Wildman–Crippen MR) is 176 cm³/mol. The molecule has 1 aliphatic heterocycles.